The maximum atomic E-state index is 2.49. The first kappa shape index (κ1) is 17.7. The van der Waals surface area contributed by atoms with Crippen molar-refractivity contribution in [2.75, 3.05) is 4.43 Å². The molecule has 0 radical (unpaired) electrons. The van der Waals surface area contributed by atoms with E-state index < -0.39 is 0 Å². The summed E-state index contributed by atoms with van der Waals surface area (Å²) in [6.07, 6.45) is 17.4. The fraction of sp³-hybridized carbons (Fsp3) is 1.00. The van der Waals surface area contributed by atoms with Crippen LogP contribution >= 0.6 is 22.6 Å². The second-order valence-corrected chi connectivity index (χ2v) is 6.63. The minimum absolute atomic E-state index is 0.970. The largest absolute Gasteiger partial charge is 0.0864 e. The highest BCUT2D eigenvalue weighted by atomic mass is 127. The molecule has 0 aromatic heterocycles. The molecule has 0 aromatic rings. The lowest BCUT2D eigenvalue weighted by Gasteiger charge is -2.10. The molecule has 0 rings (SSSR count). The van der Waals surface area contributed by atoms with Crippen LogP contribution in [-0.2, 0) is 0 Å². The molecule has 1 unspecified atom stereocenters. The lowest BCUT2D eigenvalue weighted by atomic mass is 9.97. The Hall–Kier alpha value is 0.730. The lowest BCUT2D eigenvalue weighted by molar-refractivity contribution is 0.442. The van der Waals surface area contributed by atoms with Gasteiger partial charge in [0, 0.05) is 0 Å². The Morgan fingerprint density at radius 2 is 1.18 bits per heavy atom. The van der Waals surface area contributed by atoms with E-state index in [1.165, 1.54) is 81.5 Å². The van der Waals surface area contributed by atoms with Gasteiger partial charge in [0.25, 0.3) is 0 Å². The van der Waals surface area contributed by atoms with E-state index in [0.717, 1.165) is 5.92 Å². The third kappa shape index (κ3) is 14.7. The molecule has 1 atom stereocenters. The second-order valence-electron chi connectivity index (χ2n) is 5.55. The van der Waals surface area contributed by atoms with Gasteiger partial charge in [0.2, 0.25) is 0 Å². The summed E-state index contributed by atoms with van der Waals surface area (Å²) in [4.78, 5) is 0. The van der Waals surface area contributed by atoms with Crippen LogP contribution < -0.4 is 0 Å². The zero-order valence-corrected chi connectivity index (χ0v) is 14.3. The molecule has 1 heteroatoms. The Bertz CT molecular complexity index is 133. The van der Waals surface area contributed by atoms with Gasteiger partial charge in [-0.1, -0.05) is 107 Å². The molecule has 0 fully saturated rings. The van der Waals surface area contributed by atoms with Crippen LogP contribution in [0.25, 0.3) is 0 Å². The average Bonchev–Trinajstić information content (AvgIpc) is 2.33. The molecule has 0 saturated carbocycles. The van der Waals surface area contributed by atoms with Crippen molar-refractivity contribution in [3.8, 4) is 0 Å². The SMILES string of the molecule is CCCCCCCCCCC(C)CCCCI. The van der Waals surface area contributed by atoms with Gasteiger partial charge in [0.05, 0.1) is 0 Å². The summed E-state index contributed by atoms with van der Waals surface area (Å²) in [7, 11) is 0. The Morgan fingerprint density at radius 1 is 0.706 bits per heavy atom. The predicted octanol–water partition coefficient (Wildman–Crippen LogP) is 6.76. The van der Waals surface area contributed by atoms with E-state index >= 15 is 0 Å². The fourth-order valence-electron chi connectivity index (χ4n) is 2.36. The molecular weight excluding hydrogens is 319 g/mol. The first-order valence-corrected chi connectivity index (χ1v) is 9.39. The first-order valence-electron chi connectivity index (χ1n) is 7.87. The van der Waals surface area contributed by atoms with Gasteiger partial charge in [-0.15, -0.1) is 0 Å². The molecule has 0 aromatic carbocycles. The maximum Gasteiger partial charge on any atom is -0.000473 e. The average molecular weight is 352 g/mol. The van der Waals surface area contributed by atoms with Crippen molar-refractivity contribution in [1.82, 2.24) is 0 Å². The molecule has 0 saturated heterocycles. The number of hydrogen-bond donors (Lipinski definition) is 0. The van der Waals surface area contributed by atoms with Crippen LogP contribution in [0.2, 0.25) is 0 Å². The van der Waals surface area contributed by atoms with Gasteiger partial charge in [0.1, 0.15) is 0 Å². The van der Waals surface area contributed by atoms with Gasteiger partial charge in [-0.25, -0.2) is 0 Å². The van der Waals surface area contributed by atoms with E-state index in [-0.39, 0.29) is 0 Å². The van der Waals surface area contributed by atoms with Crippen molar-refractivity contribution >= 4 is 22.6 Å². The fourth-order valence-corrected chi connectivity index (χ4v) is 2.90. The van der Waals surface area contributed by atoms with Crippen LogP contribution in [0.3, 0.4) is 0 Å². The van der Waals surface area contributed by atoms with E-state index in [0.29, 0.717) is 0 Å². The van der Waals surface area contributed by atoms with Crippen LogP contribution in [0.15, 0.2) is 0 Å². The molecule has 104 valence electrons. The molecule has 0 bridgehead atoms. The Kier molecular flexibility index (Phi) is 15.4. The minimum Gasteiger partial charge on any atom is -0.0864 e. The standard InChI is InChI=1S/C16H33I/c1-3-4-5-6-7-8-9-10-13-16(2)14-11-12-15-17/h16H,3-15H2,1-2H3. The highest BCUT2D eigenvalue weighted by Crippen LogP contribution is 2.17. The van der Waals surface area contributed by atoms with Crippen LogP contribution in [-0.4, -0.2) is 4.43 Å². The summed E-state index contributed by atoms with van der Waals surface area (Å²) in [5.41, 5.74) is 0. The molecule has 0 aliphatic rings. The molecule has 0 heterocycles. The quantitative estimate of drug-likeness (QED) is 0.195. The summed E-state index contributed by atoms with van der Waals surface area (Å²) < 4.78 is 1.34. The van der Waals surface area contributed by atoms with Gasteiger partial charge >= 0.3 is 0 Å². The molecule has 0 amide bonds. The third-order valence-corrected chi connectivity index (χ3v) is 4.39. The number of unbranched alkanes of at least 4 members (excludes halogenated alkanes) is 8. The third-order valence-electron chi connectivity index (χ3n) is 3.63. The smallest absolute Gasteiger partial charge is 0.000473 e. The maximum absolute atomic E-state index is 2.49. The van der Waals surface area contributed by atoms with Crippen molar-refractivity contribution < 1.29 is 0 Å². The summed E-state index contributed by atoms with van der Waals surface area (Å²) in [5.74, 6) is 0.970. The topological polar surface area (TPSA) is 0 Å². The first-order chi connectivity index (χ1) is 8.31. The predicted molar refractivity (Wildman–Crippen MR) is 89.1 cm³/mol. The zero-order valence-electron chi connectivity index (χ0n) is 12.1. The van der Waals surface area contributed by atoms with E-state index in [1.807, 2.05) is 0 Å². The molecule has 17 heavy (non-hydrogen) atoms. The van der Waals surface area contributed by atoms with Crippen molar-refractivity contribution in [2.45, 2.75) is 90.9 Å². The van der Waals surface area contributed by atoms with E-state index in [9.17, 15) is 0 Å². The highest BCUT2D eigenvalue weighted by molar-refractivity contribution is 14.1. The van der Waals surface area contributed by atoms with Gasteiger partial charge < -0.3 is 0 Å². The normalized spacial score (nSPS) is 12.9. The van der Waals surface area contributed by atoms with Crippen molar-refractivity contribution in [3.63, 3.8) is 0 Å². The molecule has 0 spiro atoms. The van der Waals surface area contributed by atoms with Crippen molar-refractivity contribution in [2.24, 2.45) is 5.92 Å². The van der Waals surface area contributed by atoms with Gasteiger partial charge in [0.15, 0.2) is 0 Å². The number of rotatable bonds is 13. The van der Waals surface area contributed by atoms with E-state index in [1.54, 1.807) is 0 Å². The molecule has 0 aliphatic heterocycles. The monoisotopic (exact) mass is 352 g/mol. The summed E-state index contributed by atoms with van der Waals surface area (Å²) in [5, 5.41) is 0. The van der Waals surface area contributed by atoms with Gasteiger partial charge in [-0.3, -0.25) is 0 Å². The Morgan fingerprint density at radius 3 is 1.71 bits per heavy atom. The van der Waals surface area contributed by atoms with Crippen molar-refractivity contribution in [1.29, 1.82) is 0 Å². The Balaban J connectivity index is 3.05. The second kappa shape index (κ2) is 14.8. The number of alkyl halides is 1. The van der Waals surface area contributed by atoms with Gasteiger partial charge in [-0.2, -0.15) is 0 Å². The van der Waals surface area contributed by atoms with Gasteiger partial charge in [-0.05, 0) is 16.8 Å². The van der Waals surface area contributed by atoms with Crippen LogP contribution in [0.1, 0.15) is 90.9 Å². The molecule has 0 N–H and O–H groups in total. The summed E-state index contributed by atoms with van der Waals surface area (Å²) in [6, 6.07) is 0. The molecule has 0 aliphatic carbocycles. The number of hydrogen-bond acceptors (Lipinski definition) is 0. The highest BCUT2D eigenvalue weighted by Gasteiger charge is 2.01. The molecule has 0 nitrogen and oxygen atoms in total. The summed E-state index contributed by atoms with van der Waals surface area (Å²) >= 11 is 2.49. The van der Waals surface area contributed by atoms with Crippen LogP contribution in [0, 0.1) is 5.92 Å². The number of halogens is 1. The Labute approximate surface area is 123 Å². The van der Waals surface area contributed by atoms with Crippen molar-refractivity contribution in [3.05, 3.63) is 0 Å². The zero-order chi connectivity index (χ0) is 12.8. The minimum atomic E-state index is 0.970. The molecular formula is C16H33I. The van der Waals surface area contributed by atoms with E-state index in [4.69, 9.17) is 0 Å². The van der Waals surface area contributed by atoms with Crippen LogP contribution in [0.4, 0.5) is 0 Å². The van der Waals surface area contributed by atoms with Crippen LogP contribution in [0.5, 0.6) is 0 Å². The lowest BCUT2D eigenvalue weighted by Crippen LogP contribution is -1.95. The summed E-state index contributed by atoms with van der Waals surface area (Å²) in [6.45, 7) is 4.73. The van der Waals surface area contributed by atoms with E-state index in [2.05, 4.69) is 36.4 Å².